The summed E-state index contributed by atoms with van der Waals surface area (Å²) in [5.74, 6) is -0.854. The lowest BCUT2D eigenvalue weighted by Gasteiger charge is -2.11. The quantitative estimate of drug-likeness (QED) is 0.463. The highest BCUT2D eigenvalue weighted by molar-refractivity contribution is 6.07. The Morgan fingerprint density at radius 3 is 2.12 bits per heavy atom. The van der Waals surface area contributed by atoms with Gasteiger partial charge in [0.15, 0.2) is 0 Å². The highest BCUT2D eigenvalue weighted by atomic mass is 19.1. The van der Waals surface area contributed by atoms with Crippen LogP contribution in [-0.4, -0.2) is 21.4 Å². The van der Waals surface area contributed by atoms with E-state index in [0.29, 0.717) is 22.5 Å². The molecule has 2 amide bonds. The smallest absolute Gasteiger partial charge is 0.257 e. The number of nitrogens with zero attached hydrogens (tertiary/aromatic N) is 2. The monoisotopic (exact) mass is 428 g/mol. The normalized spacial score (nSPS) is 10.6. The van der Waals surface area contributed by atoms with Crippen molar-refractivity contribution in [1.29, 1.82) is 0 Å². The van der Waals surface area contributed by atoms with Crippen molar-refractivity contribution in [2.45, 2.75) is 13.8 Å². The van der Waals surface area contributed by atoms with E-state index in [9.17, 15) is 14.0 Å². The molecule has 0 aliphatic heterocycles. The largest absolute Gasteiger partial charge is 0.322 e. The van der Waals surface area contributed by atoms with Gasteiger partial charge in [0.25, 0.3) is 11.8 Å². The first-order valence-electron chi connectivity index (χ1n) is 10.00. The number of hydrogen-bond acceptors (Lipinski definition) is 3. The SMILES string of the molecule is Cc1cc(C(=O)Nc2cccc(NC(=O)c3ccncc3)c2)c(C)n1-c1ccc(F)cc1. The van der Waals surface area contributed by atoms with Crippen LogP contribution in [0.5, 0.6) is 0 Å². The topological polar surface area (TPSA) is 76.0 Å². The zero-order chi connectivity index (χ0) is 22.7. The molecule has 0 atom stereocenters. The Bertz CT molecular complexity index is 1280. The summed E-state index contributed by atoms with van der Waals surface area (Å²) in [6.45, 7) is 3.74. The van der Waals surface area contributed by atoms with E-state index in [1.54, 1.807) is 67.0 Å². The first-order chi connectivity index (χ1) is 15.4. The van der Waals surface area contributed by atoms with Gasteiger partial charge in [-0.05, 0) is 74.5 Å². The van der Waals surface area contributed by atoms with Gasteiger partial charge in [-0.1, -0.05) is 6.07 Å². The number of rotatable bonds is 5. The minimum atomic E-state index is -0.315. The number of halogens is 1. The number of aryl methyl sites for hydroxylation is 1. The Morgan fingerprint density at radius 1 is 0.844 bits per heavy atom. The van der Waals surface area contributed by atoms with E-state index in [-0.39, 0.29) is 17.6 Å². The summed E-state index contributed by atoms with van der Waals surface area (Å²) < 4.78 is 15.2. The second kappa shape index (κ2) is 8.85. The first kappa shape index (κ1) is 21.0. The van der Waals surface area contributed by atoms with Gasteiger partial charge in [0.2, 0.25) is 0 Å². The van der Waals surface area contributed by atoms with Crippen molar-refractivity contribution in [3.8, 4) is 5.69 Å². The zero-order valence-corrected chi connectivity index (χ0v) is 17.6. The van der Waals surface area contributed by atoms with Gasteiger partial charge >= 0.3 is 0 Å². The van der Waals surface area contributed by atoms with E-state index < -0.39 is 0 Å². The molecule has 0 unspecified atom stereocenters. The summed E-state index contributed by atoms with van der Waals surface area (Å²) in [4.78, 5) is 29.2. The summed E-state index contributed by atoms with van der Waals surface area (Å²) in [5, 5.41) is 5.69. The minimum absolute atomic E-state index is 0.265. The third-order valence-electron chi connectivity index (χ3n) is 5.08. The molecule has 0 radical (unpaired) electrons. The molecule has 160 valence electrons. The Labute approximate surface area is 184 Å². The fraction of sp³-hybridized carbons (Fsp3) is 0.0800. The highest BCUT2D eigenvalue weighted by Crippen LogP contribution is 2.23. The van der Waals surface area contributed by atoms with E-state index >= 15 is 0 Å². The van der Waals surface area contributed by atoms with Crippen LogP contribution in [0.4, 0.5) is 15.8 Å². The highest BCUT2D eigenvalue weighted by Gasteiger charge is 2.17. The molecule has 7 heteroatoms. The number of carbonyl (C=O) groups is 2. The number of carbonyl (C=O) groups excluding carboxylic acids is 2. The standard InChI is InChI=1S/C25H21FN4O2/c1-16-14-23(17(2)30(16)22-8-6-19(26)7-9-22)25(32)29-21-5-3-4-20(15-21)28-24(31)18-10-12-27-13-11-18/h3-15H,1-2H3,(H,28,31)(H,29,32). The lowest BCUT2D eigenvalue weighted by atomic mass is 10.2. The molecule has 4 aromatic rings. The molecule has 2 aromatic carbocycles. The van der Waals surface area contributed by atoms with Crippen molar-refractivity contribution in [3.63, 3.8) is 0 Å². The second-order valence-electron chi connectivity index (χ2n) is 7.32. The van der Waals surface area contributed by atoms with Crippen LogP contribution in [0.3, 0.4) is 0 Å². The van der Waals surface area contributed by atoms with Crippen molar-refractivity contribution in [3.05, 3.63) is 107 Å². The van der Waals surface area contributed by atoms with E-state index in [4.69, 9.17) is 0 Å². The maximum atomic E-state index is 13.3. The van der Waals surface area contributed by atoms with E-state index in [1.807, 2.05) is 18.4 Å². The van der Waals surface area contributed by atoms with Gasteiger partial charge in [0.1, 0.15) is 5.82 Å². The Kier molecular flexibility index (Phi) is 5.81. The van der Waals surface area contributed by atoms with Crippen molar-refractivity contribution in [1.82, 2.24) is 9.55 Å². The maximum absolute atomic E-state index is 13.3. The molecule has 2 aromatic heterocycles. The van der Waals surface area contributed by atoms with Crippen LogP contribution in [0.15, 0.2) is 79.1 Å². The molecule has 0 aliphatic rings. The van der Waals surface area contributed by atoms with Gasteiger partial charge in [-0.25, -0.2) is 4.39 Å². The summed E-state index contributed by atoms with van der Waals surface area (Å²) in [7, 11) is 0. The predicted molar refractivity (Wildman–Crippen MR) is 122 cm³/mol. The van der Waals surface area contributed by atoms with Crippen LogP contribution < -0.4 is 10.6 Å². The van der Waals surface area contributed by atoms with Crippen LogP contribution in [0.25, 0.3) is 5.69 Å². The lowest BCUT2D eigenvalue weighted by molar-refractivity contribution is 0.101. The molecule has 32 heavy (non-hydrogen) atoms. The summed E-state index contributed by atoms with van der Waals surface area (Å²) >= 11 is 0. The molecule has 0 aliphatic carbocycles. The Balaban J connectivity index is 1.52. The number of amides is 2. The molecule has 2 heterocycles. The third kappa shape index (κ3) is 4.41. The fourth-order valence-electron chi connectivity index (χ4n) is 3.56. The minimum Gasteiger partial charge on any atom is -0.322 e. The van der Waals surface area contributed by atoms with Crippen molar-refractivity contribution >= 4 is 23.2 Å². The van der Waals surface area contributed by atoms with Gasteiger partial charge in [-0.2, -0.15) is 0 Å². The summed E-state index contributed by atoms with van der Waals surface area (Å²) in [6, 6.07) is 18.1. The van der Waals surface area contributed by atoms with Crippen LogP contribution in [0.1, 0.15) is 32.1 Å². The van der Waals surface area contributed by atoms with Crippen LogP contribution >= 0.6 is 0 Å². The van der Waals surface area contributed by atoms with Gasteiger partial charge in [-0.15, -0.1) is 0 Å². The molecule has 6 nitrogen and oxygen atoms in total. The van der Waals surface area contributed by atoms with E-state index in [1.165, 1.54) is 12.1 Å². The van der Waals surface area contributed by atoms with Gasteiger partial charge < -0.3 is 15.2 Å². The zero-order valence-electron chi connectivity index (χ0n) is 17.6. The second-order valence-corrected chi connectivity index (χ2v) is 7.32. The molecular formula is C25H21FN4O2. The Hall–Kier alpha value is -4.26. The van der Waals surface area contributed by atoms with E-state index in [2.05, 4.69) is 15.6 Å². The molecule has 0 spiro atoms. The average Bonchev–Trinajstić information content (AvgIpc) is 3.09. The molecule has 0 bridgehead atoms. The van der Waals surface area contributed by atoms with Crippen molar-refractivity contribution < 1.29 is 14.0 Å². The van der Waals surface area contributed by atoms with Crippen molar-refractivity contribution in [2.75, 3.05) is 10.6 Å². The molecule has 0 fully saturated rings. The van der Waals surface area contributed by atoms with E-state index in [0.717, 1.165) is 17.1 Å². The predicted octanol–water partition coefficient (Wildman–Crippen LogP) is 5.13. The van der Waals surface area contributed by atoms with Crippen LogP contribution in [0.2, 0.25) is 0 Å². The van der Waals surface area contributed by atoms with Crippen LogP contribution in [0, 0.1) is 19.7 Å². The molecule has 0 saturated carbocycles. The number of nitrogens with one attached hydrogen (secondary N) is 2. The number of benzene rings is 2. The number of hydrogen-bond donors (Lipinski definition) is 2. The van der Waals surface area contributed by atoms with Crippen LogP contribution in [-0.2, 0) is 0 Å². The lowest BCUT2D eigenvalue weighted by Crippen LogP contribution is -2.14. The first-order valence-corrected chi connectivity index (χ1v) is 10.00. The number of anilines is 2. The third-order valence-corrected chi connectivity index (χ3v) is 5.08. The fourth-order valence-corrected chi connectivity index (χ4v) is 3.56. The molecule has 2 N–H and O–H groups in total. The average molecular weight is 428 g/mol. The van der Waals surface area contributed by atoms with Gasteiger partial charge in [0.05, 0.1) is 5.56 Å². The van der Waals surface area contributed by atoms with Gasteiger partial charge in [-0.3, -0.25) is 14.6 Å². The molecular weight excluding hydrogens is 407 g/mol. The number of pyridine rings is 1. The molecule has 4 rings (SSSR count). The van der Waals surface area contributed by atoms with Crippen molar-refractivity contribution in [2.24, 2.45) is 0 Å². The van der Waals surface area contributed by atoms with Gasteiger partial charge in [0, 0.05) is 46.4 Å². The number of aromatic nitrogens is 2. The Morgan fingerprint density at radius 2 is 1.47 bits per heavy atom. The summed E-state index contributed by atoms with van der Waals surface area (Å²) in [5.41, 5.74) is 4.49. The molecule has 0 saturated heterocycles. The maximum Gasteiger partial charge on any atom is 0.257 e. The summed E-state index contributed by atoms with van der Waals surface area (Å²) in [6.07, 6.45) is 3.10.